The molecule has 0 saturated carbocycles. The highest BCUT2D eigenvalue weighted by molar-refractivity contribution is 4.88. The molecule has 1 aliphatic rings. The Hall–Kier alpha value is -0.560. The monoisotopic (exact) mass is 168 g/mol. The molecule has 0 spiro atoms. The molecule has 0 aromatic rings. The van der Waals surface area contributed by atoms with E-state index < -0.39 is 0 Å². The van der Waals surface area contributed by atoms with Crippen molar-refractivity contribution in [3.8, 4) is 12.3 Å². The first kappa shape index (κ1) is 9.53. The van der Waals surface area contributed by atoms with Crippen LogP contribution < -0.4 is 11.3 Å². The minimum absolute atomic E-state index is 0.226. The highest BCUT2D eigenvalue weighted by Crippen LogP contribution is 2.17. The summed E-state index contributed by atoms with van der Waals surface area (Å²) in [6.45, 7) is 0.860. The molecule has 68 valence electrons. The van der Waals surface area contributed by atoms with Gasteiger partial charge >= 0.3 is 0 Å². The minimum atomic E-state index is 0.226. The molecule has 0 bridgehead atoms. The van der Waals surface area contributed by atoms with Crippen molar-refractivity contribution in [2.45, 2.75) is 37.8 Å². The molecule has 1 saturated heterocycles. The number of nitrogens with two attached hydrogens (primary N) is 1. The van der Waals surface area contributed by atoms with Gasteiger partial charge in [-0.1, -0.05) is 0 Å². The van der Waals surface area contributed by atoms with Crippen molar-refractivity contribution in [1.29, 1.82) is 0 Å². The van der Waals surface area contributed by atoms with E-state index in [-0.39, 0.29) is 12.1 Å². The van der Waals surface area contributed by atoms with E-state index in [1.807, 2.05) is 0 Å². The number of terminal acetylenes is 1. The highest BCUT2D eigenvalue weighted by atomic mass is 16.5. The molecule has 0 aromatic carbocycles. The smallest absolute Gasteiger partial charge is 0.0742 e. The first-order valence-corrected chi connectivity index (χ1v) is 4.39. The van der Waals surface area contributed by atoms with Crippen LogP contribution in [0, 0.1) is 12.3 Å². The molecule has 1 heterocycles. The summed E-state index contributed by atoms with van der Waals surface area (Å²) in [5.74, 6) is 8.00. The largest absolute Gasteiger partial charge is 0.377 e. The predicted octanol–water partition coefficient (Wildman–Crippen LogP) is 0.411. The van der Waals surface area contributed by atoms with Crippen molar-refractivity contribution in [2.24, 2.45) is 5.84 Å². The third kappa shape index (κ3) is 2.49. The average Bonchev–Trinajstić information content (AvgIpc) is 2.59. The lowest BCUT2D eigenvalue weighted by molar-refractivity contribution is 0.0761. The third-order valence-corrected chi connectivity index (χ3v) is 2.23. The van der Waals surface area contributed by atoms with Gasteiger partial charge in [0.15, 0.2) is 0 Å². The quantitative estimate of drug-likeness (QED) is 0.363. The van der Waals surface area contributed by atoms with Gasteiger partial charge in [0, 0.05) is 19.1 Å². The zero-order valence-corrected chi connectivity index (χ0v) is 7.25. The van der Waals surface area contributed by atoms with Crippen molar-refractivity contribution in [3.05, 3.63) is 0 Å². The fourth-order valence-corrected chi connectivity index (χ4v) is 1.54. The normalized spacial score (nSPS) is 25.2. The third-order valence-electron chi connectivity index (χ3n) is 2.23. The SMILES string of the molecule is C#CCCC(NN)C1CCCO1. The second-order valence-corrected chi connectivity index (χ2v) is 3.07. The van der Waals surface area contributed by atoms with Crippen LogP contribution >= 0.6 is 0 Å². The molecule has 1 fully saturated rings. The Morgan fingerprint density at radius 2 is 2.58 bits per heavy atom. The van der Waals surface area contributed by atoms with Crippen molar-refractivity contribution >= 4 is 0 Å². The summed E-state index contributed by atoms with van der Waals surface area (Å²) in [5.41, 5.74) is 2.76. The predicted molar refractivity (Wildman–Crippen MR) is 48.2 cm³/mol. The van der Waals surface area contributed by atoms with Gasteiger partial charge in [-0.3, -0.25) is 11.3 Å². The Bertz CT molecular complexity index is 158. The lowest BCUT2D eigenvalue weighted by atomic mass is 10.0. The van der Waals surface area contributed by atoms with Gasteiger partial charge in [-0.2, -0.15) is 0 Å². The van der Waals surface area contributed by atoms with Gasteiger partial charge in [-0.15, -0.1) is 12.3 Å². The number of ether oxygens (including phenoxy) is 1. The van der Waals surface area contributed by atoms with Gasteiger partial charge < -0.3 is 4.74 Å². The molecule has 0 aromatic heterocycles. The van der Waals surface area contributed by atoms with E-state index in [0.29, 0.717) is 0 Å². The Morgan fingerprint density at radius 3 is 3.08 bits per heavy atom. The van der Waals surface area contributed by atoms with Crippen molar-refractivity contribution in [1.82, 2.24) is 5.43 Å². The minimum Gasteiger partial charge on any atom is -0.377 e. The van der Waals surface area contributed by atoms with Crippen LogP contribution in [-0.2, 0) is 4.74 Å². The maximum absolute atomic E-state index is 5.49. The van der Waals surface area contributed by atoms with E-state index in [4.69, 9.17) is 17.0 Å². The fourth-order valence-electron chi connectivity index (χ4n) is 1.54. The molecule has 1 rings (SSSR count). The maximum atomic E-state index is 5.49. The van der Waals surface area contributed by atoms with E-state index in [1.165, 1.54) is 0 Å². The van der Waals surface area contributed by atoms with Gasteiger partial charge in [0.1, 0.15) is 0 Å². The van der Waals surface area contributed by atoms with E-state index in [9.17, 15) is 0 Å². The van der Waals surface area contributed by atoms with E-state index in [2.05, 4.69) is 11.3 Å². The van der Waals surface area contributed by atoms with Crippen LogP contribution in [0.4, 0.5) is 0 Å². The van der Waals surface area contributed by atoms with Gasteiger partial charge in [-0.25, -0.2) is 0 Å². The number of hydrogen-bond donors (Lipinski definition) is 2. The first-order chi connectivity index (χ1) is 5.88. The van der Waals surface area contributed by atoms with Crippen LogP contribution in [0.15, 0.2) is 0 Å². The van der Waals surface area contributed by atoms with Crippen molar-refractivity contribution in [2.75, 3.05) is 6.61 Å². The zero-order valence-electron chi connectivity index (χ0n) is 7.25. The Kier molecular flexibility index (Phi) is 4.09. The number of rotatable bonds is 4. The van der Waals surface area contributed by atoms with Gasteiger partial charge in [0.2, 0.25) is 0 Å². The number of hydrazine groups is 1. The first-order valence-electron chi connectivity index (χ1n) is 4.39. The molecule has 2 unspecified atom stereocenters. The molecule has 2 atom stereocenters. The summed E-state index contributed by atoms with van der Waals surface area (Å²) in [6, 6.07) is 0.226. The van der Waals surface area contributed by atoms with E-state index in [1.54, 1.807) is 0 Å². The molecule has 1 aliphatic heterocycles. The van der Waals surface area contributed by atoms with Gasteiger partial charge in [0.25, 0.3) is 0 Å². The second kappa shape index (κ2) is 5.15. The lowest BCUT2D eigenvalue weighted by Gasteiger charge is -2.20. The summed E-state index contributed by atoms with van der Waals surface area (Å²) in [7, 11) is 0. The van der Waals surface area contributed by atoms with Crippen molar-refractivity contribution in [3.63, 3.8) is 0 Å². The van der Waals surface area contributed by atoms with Crippen LogP contribution in [0.5, 0.6) is 0 Å². The number of hydrogen-bond acceptors (Lipinski definition) is 3. The summed E-state index contributed by atoms with van der Waals surface area (Å²) in [5, 5.41) is 0. The molecular formula is C9H16N2O. The molecule has 3 nitrogen and oxygen atoms in total. The molecule has 12 heavy (non-hydrogen) atoms. The maximum Gasteiger partial charge on any atom is 0.0742 e. The molecule has 0 aliphatic carbocycles. The Balaban J connectivity index is 2.28. The Labute approximate surface area is 73.6 Å². The van der Waals surface area contributed by atoms with Gasteiger partial charge in [0.05, 0.1) is 6.10 Å². The molecule has 3 heteroatoms. The summed E-state index contributed by atoms with van der Waals surface area (Å²) >= 11 is 0. The van der Waals surface area contributed by atoms with Crippen LogP contribution in [0.1, 0.15) is 25.7 Å². The molecule has 0 amide bonds. The second-order valence-electron chi connectivity index (χ2n) is 3.07. The summed E-state index contributed by atoms with van der Waals surface area (Å²) in [4.78, 5) is 0. The molecule has 3 N–H and O–H groups in total. The Morgan fingerprint density at radius 1 is 1.75 bits per heavy atom. The van der Waals surface area contributed by atoms with Crippen molar-refractivity contribution < 1.29 is 4.74 Å². The standard InChI is InChI=1S/C9H16N2O/c1-2-3-5-8(11-10)9-6-4-7-12-9/h1,8-9,11H,3-7,10H2. The van der Waals surface area contributed by atoms with Crippen LogP contribution in [0.3, 0.4) is 0 Å². The van der Waals surface area contributed by atoms with Crippen LogP contribution in [0.25, 0.3) is 0 Å². The summed E-state index contributed by atoms with van der Waals surface area (Å²) in [6.07, 6.45) is 9.33. The number of nitrogens with one attached hydrogen (secondary N) is 1. The lowest BCUT2D eigenvalue weighted by Crippen LogP contribution is -2.43. The van der Waals surface area contributed by atoms with Gasteiger partial charge in [-0.05, 0) is 19.3 Å². The van der Waals surface area contributed by atoms with Crippen LogP contribution in [-0.4, -0.2) is 18.8 Å². The fraction of sp³-hybridized carbons (Fsp3) is 0.778. The van der Waals surface area contributed by atoms with E-state index in [0.717, 1.165) is 32.3 Å². The zero-order chi connectivity index (χ0) is 8.81. The molecule has 0 radical (unpaired) electrons. The average molecular weight is 168 g/mol. The van der Waals surface area contributed by atoms with Crippen LogP contribution in [0.2, 0.25) is 0 Å². The topological polar surface area (TPSA) is 47.3 Å². The molecular weight excluding hydrogens is 152 g/mol. The van der Waals surface area contributed by atoms with E-state index >= 15 is 0 Å². The highest BCUT2D eigenvalue weighted by Gasteiger charge is 2.24. The summed E-state index contributed by atoms with van der Waals surface area (Å²) < 4.78 is 5.49.